The highest BCUT2D eigenvalue weighted by Gasteiger charge is 2.11. The fraction of sp³-hybridized carbons (Fsp3) is 0.310. The van der Waals surface area contributed by atoms with E-state index in [-0.39, 0.29) is 11.1 Å². The zero-order chi connectivity index (χ0) is 27.9. The van der Waals surface area contributed by atoms with Crippen LogP contribution >= 0.6 is 46.4 Å². The third-order valence-electron chi connectivity index (χ3n) is 5.30. The summed E-state index contributed by atoms with van der Waals surface area (Å²) in [5.74, 6) is 1.43. The summed E-state index contributed by atoms with van der Waals surface area (Å²) in [5, 5.41) is 5.08. The molecule has 0 N–H and O–H groups in total. The van der Waals surface area contributed by atoms with Crippen LogP contribution < -0.4 is 14.2 Å². The lowest BCUT2D eigenvalue weighted by molar-refractivity contribution is 0.141. The molecule has 1 heterocycles. The zero-order valence-corrected chi connectivity index (χ0v) is 24.6. The molecule has 6 nitrogen and oxygen atoms in total. The van der Waals surface area contributed by atoms with E-state index in [1.807, 2.05) is 42.5 Å². The molecule has 0 atom stereocenters. The summed E-state index contributed by atoms with van der Waals surface area (Å²) in [6, 6.07) is 16.9. The molecule has 0 radical (unpaired) electrons. The molecule has 0 bridgehead atoms. The van der Waals surface area contributed by atoms with Crippen LogP contribution in [0.5, 0.6) is 17.4 Å². The van der Waals surface area contributed by atoms with Crippen molar-refractivity contribution in [3.63, 3.8) is 0 Å². The van der Waals surface area contributed by atoms with E-state index in [1.165, 1.54) is 6.08 Å². The molecule has 1 aromatic heterocycles. The van der Waals surface area contributed by atoms with Crippen LogP contribution in [0.1, 0.15) is 43.7 Å². The van der Waals surface area contributed by atoms with E-state index < -0.39 is 0 Å². The van der Waals surface area contributed by atoms with Crippen molar-refractivity contribution >= 4 is 52.1 Å². The van der Waals surface area contributed by atoms with Gasteiger partial charge in [0, 0.05) is 35.5 Å². The molecule has 0 saturated heterocycles. The van der Waals surface area contributed by atoms with Gasteiger partial charge in [-0.2, -0.15) is 0 Å². The van der Waals surface area contributed by atoms with Crippen LogP contribution in [0.4, 0.5) is 0 Å². The van der Waals surface area contributed by atoms with Crippen LogP contribution in [0.25, 0.3) is 0 Å². The first-order valence-electron chi connectivity index (χ1n) is 12.6. The minimum atomic E-state index is 0.124. The Morgan fingerprint density at radius 3 is 2.21 bits per heavy atom. The molecule has 2 aromatic carbocycles. The first kappa shape index (κ1) is 30.9. The van der Waals surface area contributed by atoms with Crippen LogP contribution in [0.3, 0.4) is 0 Å². The molecule has 3 aromatic rings. The summed E-state index contributed by atoms with van der Waals surface area (Å²) in [7, 11) is 0. The van der Waals surface area contributed by atoms with Crippen molar-refractivity contribution in [2.24, 2.45) is 5.16 Å². The smallest absolute Gasteiger partial charge is 0.213 e. The summed E-state index contributed by atoms with van der Waals surface area (Å²) in [6.45, 7) is 3.80. The van der Waals surface area contributed by atoms with Crippen LogP contribution in [-0.4, -0.2) is 37.1 Å². The van der Waals surface area contributed by atoms with E-state index in [9.17, 15) is 0 Å². The van der Waals surface area contributed by atoms with Gasteiger partial charge in [0.25, 0.3) is 0 Å². The summed E-state index contributed by atoms with van der Waals surface area (Å²) in [5.41, 5.74) is 2.54. The Hall–Kier alpha value is -2.64. The molecule has 0 amide bonds. The SMILES string of the molecule is CCCCON=C(c1ccccc1)c1ccc(OCCCCOc2c(Cl)cc(OCC=C(Cl)Cl)cc2Cl)nc1. The maximum atomic E-state index is 6.31. The highest BCUT2D eigenvalue weighted by Crippen LogP contribution is 2.37. The minimum absolute atomic E-state index is 0.124. The largest absolute Gasteiger partial charge is 0.490 e. The predicted octanol–water partition coefficient (Wildman–Crippen LogP) is 8.89. The number of rotatable bonds is 16. The highest BCUT2D eigenvalue weighted by molar-refractivity contribution is 6.55. The molecule has 0 fully saturated rings. The van der Waals surface area contributed by atoms with E-state index >= 15 is 0 Å². The third-order valence-corrected chi connectivity index (χ3v) is 6.17. The number of nitrogens with zero attached hydrogens (tertiary/aromatic N) is 2. The second kappa shape index (κ2) is 17.1. The standard InChI is InChI=1S/C29H30Cl4N2O4/c1-2-3-16-39-35-28(21-9-5-4-6-10-21)22-11-12-27(34-20-22)37-14-7-8-15-38-29-24(30)18-23(19-25(29)31)36-17-13-26(32)33/h4-6,9-13,18-20H,2-3,7-8,14-17H2,1H3. The van der Waals surface area contributed by atoms with Gasteiger partial charge in [-0.15, -0.1) is 0 Å². The lowest BCUT2D eigenvalue weighted by atomic mass is 10.0. The second-order valence-corrected chi connectivity index (χ2v) is 10.1. The van der Waals surface area contributed by atoms with Crippen molar-refractivity contribution in [1.29, 1.82) is 0 Å². The van der Waals surface area contributed by atoms with Gasteiger partial charge in [-0.1, -0.05) is 95.2 Å². The van der Waals surface area contributed by atoms with Crippen molar-refractivity contribution in [3.05, 3.63) is 92.5 Å². The molecular weight excluding hydrogens is 582 g/mol. The van der Waals surface area contributed by atoms with Gasteiger partial charge in [-0.05, 0) is 31.4 Å². The fourth-order valence-corrected chi connectivity index (χ4v) is 4.01. The lowest BCUT2D eigenvalue weighted by Crippen LogP contribution is -2.07. The second-order valence-electron chi connectivity index (χ2n) is 8.30. The topological polar surface area (TPSA) is 62.2 Å². The number of halogens is 4. The number of unbranched alkanes of at least 4 members (excludes halogenated alkanes) is 2. The van der Waals surface area contributed by atoms with Crippen LogP contribution in [0.15, 0.2) is 76.5 Å². The molecule has 0 aliphatic rings. The van der Waals surface area contributed by atoms with Gasteiger partial charge in [0.1, 0.15) is 29.2 Å². The van der Waals surface area contributed by atoms with Crippen LogP contribution in [0.2, 0.25) is 10.0 Å². The van der Waals surface area contributed by atoms with Gasteiger partial charge < -0.3 is 19.0 Å². The Kier molecular flexibility index (Phi) is 13.6. The number of oxime groups is 1. The van der Waals surface area contributed by atoms with Crippen molar-refractivity contribution < 1.29 is 19.0 Å². The van der Waals surface area contributed by atoms with Crippen LogP contribution in [-0.2, 0) is 4.84 Å². The van der Waals surface area contributed by atoms with Crippen molar-refractivity contribution in [3.8, 4) is 17.4 Å². The number of ether oxygens (including phenoxy) is 3. The van der Waals surface area contributed by atoms with Gasteiger partial charge in [-0.25, -0.2) is 4.98 Å². The lowest BCUT2D eigenvalue weighted by Gasteiger charge is -2.12. The Bertz CT molecular complexity index is 1190. The molecule has 208 valence electrons. The van der Waals surface area contributed by atoms with Crippen molar-refractivity contribution in [2.75, 3.05) is 26.4 Å². The quantitative estimate of drug-likeness (QED) is 0.0919. The summed E-state index contributed by atoms with van der Waals surface area (Å²) in [6.07, 6.45) is 6.75. The van der Waals surface area contributed by atoms with Gasteiger partial charge in [0.05, 0.1) is 23.3 Å². The van der Waals surface area contributed by atoms with Gasteiger partial charge in [0.2, 0.25) is 5.88 Å². The molecule has 0 aliphatic heterocycles. The summed E-state index contributed by atoms with van der Waals surface area (Å²) in [4.78, 5) is 9.98. The first-order valence-corrected chi connectivity index (χ1v) is 14.1. The van der Waals surface area contributed by atoms with E-state index in [4.69, 9.17) is 65.5 Å². The Morgan fingerprint density at radius 1 is 0.846 bits per heavy atom. The molecule has 0 saturated carbocycles. The van der Waals surface area contributed by atoms with Crippen molar-refractivity contribution in [2.45, 2.75) is 32.6 Å². The van der Waals surface area contributed by atoms with Gasteiger partial charge in [-0.3, -0.25) is 0 Å². The Balaban J connectivity index is 1.45. The van der Waals surface area contributed by atoms with E-state index in [0.717, 1.165) is 42.5 Å². The summed E-state index contributed by atoms with van der Waals surface area (Å²) < 4.78 is 17.2. The fourth-order valence-electron chi connectivity index (χ4n) is 3.31. The maximum absolute atomic E-state index is 6.31. The van der Waals surface area contributed by atoms with Crippen LogP contribution in [0, 0.1) is 0 Å². The van der Waals surface area contributed by atoms with E-state index in [0.29, 0.717) is 47.2 Å². The highest BCUT2D eigenvalue weighted by atomic mass is 35.5. The number of hydrogen-bond acceptors (Lipinski definition) is 6. The monoisotopic (exact) mass is 610 g/mol. The first-order chi connectivity index (χ1) is 19.0. The maximum Gasteiger partial charge on any atom is 0.213 e. The zero-order valence-electron chi connectivity index (χ0n) is 21.5. The molecule has 39 heavy (non-hydrogen) atoms. The average molecular weight is 612 g/mol. The van der Waals surface area contributed by atoms with Gasteiger partial charge >= 0.3 is 0 Å². The normalized spacial score (nSPS) is 11.2. The van der Waals surface area contributed by atoms with E-state index in [2.05, 4.69) is 17.1 Å². The summed E-state index contributed by atoms with van der Waals surface area (Å²) >= 11 is 23.8. The Labute approximate surface area is 249 Å². The molecule has 0 aliphatic carbocycles. The van der Waals surface area contributed by atoms with Gasteiger partial charge in [0.15, 0.2) is 5.75 Å². The Morgan fingerprint density at radius 2 is 1.56 bits per heavy atom. The molecule has 0 unspecified atom stereocenters. The predicted molar refractivity (Wildman–Crippen MR) is 159 cm³/mol. The third kappa shape index (κ3) is 10.8. The number of benzene rings is 2. The number of hydrogen-bond donors (Lipinski definition) is 0. The minimum Gasteiger partial charge on any atom is -0.490 e. The van der Waals surface area contributed by atoms with E-state index in [1.54, 1.807) is 18.3 Å². The number of aromatic nitrogens is 1. The number of pyridine rings is 1. The molecule has 10 heteroatoms. The van der Waals surface area contributed by atoms with Crippen molar-refractivity contribution in [1.82, 2.24) is 4.98 Å². The molecule has 3 rings (SSSR count). The molecular formula is C29H30Cl4N2O4. The molecule has 0 spiro atoms. The average Bonchev–Trinajstić information content (AvgIpc) is 2.93.